The second-order valence-corrected chi connectivity index (χ2v) is 14.7. The Labute approximate surface area is 134 Å². The molecule has 0 aliphatic heterocycles. The summed E-state index contributed by atoms with van der Waals surface area (Å²) in [5.74, 6) is 0. The molecule has 21 heavy (non-hydrogen) atoms. The van der Waals surface area contributed by atoms with Crippen LogP contribution in [0.2, 0.25) is 0 Å². The Balaban J connectivity index is -0.0000000533. The molecule has 0 aromatic rings. The number of hydrogen-bond donors (Lipinski definition) is 8. The summed E-state index contributed by atoms with van der Waals surface area (Å²) in [7, 11) is 0. The van der Waals surface area contributed by atoms with Crippen LogP contribution in [0.4, 0.5) is 0 Å². The third kappa shape index (κ3) is 6930. The molecule has 0 heterocycles. The third-order valence-corrected chi connectivity index (χ3v) is 0. The van der Waals surface area contributed by atoms with Crippen molar-refractivity contribution in [3.05, 3.63) is 0 Å². The second-order valence-electron chi connectivity index (χ2n) is 1.79. The third-order valence-electron chi connectivity index (χ3n) is 0. The molecule has 0 spiro atoms. The van der Waals surface area contributed by atoms with Crippen molar-refractivity contribution in [2.24, 2.45) is 0 Å². The zero-order valence-corrected chi connectivity index (χ0v) is 20.2. The van der Waals surface area contributed by atoms with E-state index in [1.165, 1.54) is 0 Å². The summed E-state index contributed by atoms with van der Waals surface area (Å²) in [6.45, 7) is 0. The van der Waals surface area contributed by atoms with Crippen molar-refractivity contribution in [2.75, 3.05) is 0 Å². The van der Waals surface area contributed by atoms with E-state index in [2.05, 4.69) is 0 Å². The Kier molecular flexibility index (Phi) is 21.6. The monoisotopic (exact) mass is 1030 g/mol. The van der Waals surface area contributed by atoms with E-state index in [1.54, 1.807) is 0 Å². The molecule has 0 unspecified atom stereocenters. The fraction of sp³-hybridized carbons (Fsp3) is 0. The molecule has 0 fully saturated rings. The molecule has 0 amide bonds. The van der Waals surface area contributed by atoms with Crippen molar-refractivity contribution in [3.63, 3.8) is 0 Å². The van der Waals surface area contributed by atoms with Crippen LogP contribution >= 0.6 is 0 Å². The molecule has 136 valence electrons. The van der Waals surface area contributed by atoms with Gasteiger partial charge in [0.25, 0.3) is 0 Å². The predicted octanol–water partition coefficient (Wildman–Crippen LogP) is -6.87. The minimum Gasteiger partial charge on any atom is -0.0149 e. The Morgan fingerprint density at radius 3 is 0.333 bits per heavy atom. The van der Waals surface area contributed by atoms with Gasteiger partial charge in [-0.25, -0.2) is 0 Å². The number of rotatable bonds is 0. The molecular formula is H12O16SiW4. The maximum Gasteiger partial charge on any atom is -0.0149 e. The first-order valence-electron chi connectivity index (χ1n) is 2.79. The first-order chi connectivity index (χ1) is 8.00. The normalized spacial score (nSPS) is 11.0. The van der Waals surface area contributed by atoms with E-state index in [0.717, 1.165) is 0 Å². The van der Waals surface area contributed by atoms with E-state index in [0.29, 0.717) is 0 Å². The second kappa shape index (κ2) is 13.5. The average Bonchev–Trinajstić information content (AvgIpc) is 1.62. The van der Waals surface area contributed by atoms with Gasteiger partial charge in [0.1, 0.15) is 0 Å². The van der Waals surface area contributed by atoms with Crippen LogP contribution in [0.5, 0.6) is 0 Å². The fourth-order valence-corrected chi connectivity index (χ4v) is 0. The van der Waals surface area contributed by atoms with Crippen LogP contribution in [0, 0.1) is 0 Å². The van der Waals surface area contributed by atoms with Crippen molar-refractivity contribution >= 4 is 11.0 Å². The van der Waals surface area contributed by atoms with Crippen LogP contribution in [0.1, 0.15) is 0 Å². The van der Waals surface area contributed by atoms with Crippen LogP contribution in [0.15, 0.2) is 0 Å². The molecule has 0 aromatic carbocycles. The topological polar surface area (TPSA) is 298 Å². The number of hydrogen-bond acceptors (Lipinski definition) is 8. The molecule has 16 nitrogen and oxygen atoms in total. The standard InChI is InChI=1S/8H2O.8O.H4Si.4W/h8*1H2;;;;;;;;;1H4;;;;/q;;;;;;;;;;;;;;;;;4*+2/p-8. The molecule has 0 atom stereocenters. The summed E-state index contributed by atoms with van der Waals surface area (Å²) in [5, 5.41) is 0. The molecule has 0 aliphatic rings. The van der Waals surface area contributed by atoms with Crippen molar-refractivity contribution in [2.45, 2.75) is 0 Å². The zero-order chi connectivity index (χ0) is 18.0. The van der Waals surface area contributed by atoms with Crippen LogP contribution < -0.4 is 0 Å². The summed E-state index contributed by atoms with van der Waals surface area (Å²) >= 11 is -22.7. The first-order valence-corrected chi connectivity index (χ1v) is 22.9. The molecule has 21 heteroatoms. The van der Waals surface area contributed by atoms with Crippen LogP contribution in [0.25, 0.3) is 0 Å². The van der Waals surface area contributed by atoms with Gasteiger partial charge in [-0.1, -0.05) is 0 Å². The van der Waals surface area contributed by atoms with E-state index in [9.17, 15) is 0 Å². The predicted molar refractivity (Wildman–Crippen MR) is 34.6 cm³/mol. The molecule has 0 saturated heterocycles. The summed E-state index contributed by atoms with van der Waals surface area (Å²) in [4.78, 5) is 0. The molecule has 0 radical (unpaired) electrons. The van der Waals surface area contributed by atoms with Gasteiger partial charge in [0.15, 0.2) is 0 Å². The van der Waals surface area contributed by atoms with Gasteiger partial charge in [0.2, 0.25) is 0 Å². The molecule has 0 bridgehead atoms. The molecular weight excluding hydrogens is 1020 g/mol. The van der Waals surface area contributed by atoms with Crippen molar-refractivity contribution in [1.82, 2.24) is 0 Å². The molecule has 0 rings (SSSR count). The van der Waals surface area contributed by atoms with Crippen LogP contribution in [0.3, 0.4) is 0 Å². The van der Waals surface area contributed by atoms with Gasteiger partial charge in [-0.2, -0.15) is 0 Å². The van der Waals surface area contributed by atoms with E-state index < -0.39 is 67.0 Å². The van der Waals surface area contributed by atoms with E-state index >= 15 is 0 Å². The SMILES string of the molecule is [O]=[W](=[O])([OH])[OH].[O]=[W](=[O])([OH])[OH].[O]=[W](=[O])([OH])[OH].[O]=[W](=[O])([OH])[OH].[SiH4]. The Hall–Kier alpha value is 1.05. The van der Waals surface area contributed by atoms with E-state index in [1.807, 2.05) is 0 Å². The Morgan fingerprint density at radius 2 is 0.333 bits per heavy atom. The molecule has 0 aliphatic carbocycles. The Bertz CT molecular complexity index is 473. The fourth-order valence-electron chi connectivity index (χ4n) is 0. The minimum atomic E-state index is -5.67. The van der Waals surface area contributed by atoms with Crippen LogP contribution in [-0.4, -0.2) is 41.0 Å². The van der Waals surface area contributed by atoms with Gasteiger partial charge in [-0.15, -0.1) is 0 Å². The maximum absolute atomic E-state index is 8.87. The summed E-state index contributed by atoms with van der Waals surface area (Å²) in [5.41, 5.74) is 0. The zero-order valence-electron chi connectivity index (χ0n) is 8.48. The van der Waals surface area contributed by atoms with Crippen molar-refractivity contribution in [3.8, 4) is 0 Å². The summed E-state index contributed by atoms with van der Waals surface area (Å²) in [6, 6.07) is 0. The van der Waals surface area contributed by atoms with Gasteiger partial charge < -0.3 is 0 Å². The minimum absolute atomic E-state index is 0. The van der Waals surface area contributed by atoms with Gasteiger partial charge in [0, 0.05) is 0 Å². The molecule has 8 N–H and O–H groups in total. The molecule has 0 saturated carbocycles. The largest absolute Gasteiger partial charge is 0.0149 e. The summed E-state index contributed by atoms with van der Waals surface area (Å²) in [6.07, 6.45) is 0. The molecule has 0 aromatic heterocycles. The average molecular weight is 1030 g/mol. The van der Waals surface area contributed by atoms with E-state index in [-0.39, 0.29) is 11.0 Å². The first kappa shape index (κ1) is 33.6. The van der Waals surface area contributed by atoms with Gasteiger partial charge in [-0.05, 0) is 11.0 Å². The van der Waals surface area contributed by atoms with E-state index in [4.69, 9.17) is 57.3 Å². The van der Waals surface area contributed by atoms with Crippen LogP contribution in [-0.2, 0) is 94.2 Å². The Morgan fingerprint density at radius 1 is 0.333 bits per heavy atom. The smallest absolute Gasteiger partial charge is 0.0149 e. The van der Waals surface area contributed by atoms with Crippen molar-refractivity contribution in [1.29, 1.82) is 0 Å². The van der Waals surface area contributed by atoms with Gasteiger partial charge in [0.05, 0.1) is 0 Å². The maximum atomic E-state index is 8.87. The van der Waals surface area contributed by atoms with Gasteiger partial charge in [-0.3, -0.25) is 0 Å². The van der Waals surface area contributed by atoms with Gasteiger partial charge >= 0.3 is 124 Å². The quantitative estimate of drug-likeness (QED) is 0.105. The van der Waals surface area contributed by atoms with Crippen molar-refractivity contribution < 1.29 is 124 Å². The summed E-state index contributed by atoms with van der Waals surface area (Å²) < 4.78 is 128.